The number of aryl methyl sites for hydroxylation is 1. The van der Waals surface area contributed by atoms with E-state index < -0.39 is 22.9 Å². The zero-order valence-corrected chi connectivity index (χ0v) is 8.86. The van der Waals surface area contributed by atoms with Gasteiger partial charge in [0.1, 0.15) is 17.6 Å². The van der Waals surface area contributed by atoms with E-state index in [2.05, 4.69) is 0 Å². The Morgan fingerprint density at radius 3 is 2.75 bits per heavy atom. The molecule has 0 aromatic carbocycles. The molecule has 1 heterocycles. The Morgan fingerprint density at radius 2 is 2.25 bits per heavy atom. The summed E-state index contributed by atoms with van der Waals surface area (Å²) >= 11 is 0. The SMILES string of the molecule is Cc1cc(O)c(C(=O)OC2CCC2)c(=O)o1. The molecule has 1 aliphatic carbocycles. The molecule has 0 amide bonds. The van der Waals surface area contributed by atoms with Crippen molar-refractivity contribution in [2.75, 3.05) is 0 Å². The molecule has 0 unspecified atom stereocenters. The van der Waals surface area contributed by atoms with Gasteiger partial charge in [-0.25, -0.2) is 9.59 Å². The summed E-state index contributed by atoms with van der Waals surface area (Å²) in [4.78, 5) is 22.9. The second-order valence-corrected chi connectivity index (χ2v) is 3.86. The molecule has 0 radical (unpaired) electrons. The van der Waals surface area contributed by atoms with Gasteiger partial charge in [-0.2, -0.15) is 0 Å². The fourth-order valence-corrected chi connectivity index (χ4v) is 1.48. The van der Waals surface area contributed by atoms with Gasteiger partial charge in [0.15, 0.2) is 5.56 Å². The Kier molecular flexibility index (Phi) is 2.68. The molecule has 0 bridgehead atoms. The van der Waals surface area contributed by atoms with Crippen LogP contribution >= 0.6 is 0 Å². The molecule has 16 heavy (non-hydrogen) atoms. The van der Waals surface area contributed by atoms with Gasteiger partial charge in [0.25, 0.3) is 0 Å². The summed E-state index contributed by atoms with van der Waals surface area (Å²) < 4.78 is 9.74. The van der Waals surface area contributed by atoms with Crippen molar-refractivity contribution < 1.29 is 19.1 Å². The van der Waals surface area contributed by atoms with E-state index in [1.54, 1.807) is 0 Å². The van der Waals surface area contributed by atoms with E-state index >= 15 is 0 Å². The molecule has 1 fully saturated rings. The molecule has 0 aliphatic heterocycles. The quantitative estimate of drug-likeness (QED) is 0.767. The Bertz CT molecular complexity index is 470. The van der Waals surface area contributed by atoms with Crippen LogP contribution in [0.5, 0.6) is 5.75 Å². The molecular formula is C11H12O5. The normalized spacial score (nSPS) is 15.6. The number of carbonyl (C=O) groups excluding carboxylic acids is 1. The molecule has 1 aromatic heterocycles. The zero-order valence-electron chi connectivity index (χ0n) is 8.86. The van der Waals surface area contributed by atoms with Crippen LogP contribution < -0.4 is 5.63 Å². The van der Waals surface area contributed by atoms with E-state index in [-0.39, 0.29) is 11.9 Å². The van der Waals surface area contributed by atoms with Crippen LogP contribution in [0.1, 0.15) is 35.4 Å². The van der Waals surface area contributed by atoms with Crippen molar-refractivity contribution in [3.05, 3.63) is 27.8 Å². The second-order valence-electron chi connectivity index (χ2n) is 3.86. The summed E-state index contributed by atoms with van der Waals surface area (Å²) in [6.45, 7) is 1.52. The third kappa shape index (κ3) is 1.93. The fraction of sp³-hybridized carbons (Fsp3) is 0.455. The van der Waals surface area contributed by atoms with Crippen molar-refractivity contribution in [1.29, 1.82) is 0 Å². The maximum atomic E-state index is 11.6. The summed E-state index contributed by atoms with van der Waals surface area (Å²) in [5.41, 5.74) is -1.28. The number of hydrogen-bond acceptors (Lipinski definition) is 5. The Labute approximate surface area is 91.7 Å². The van der Waals surface area contributed by atoms with Crippen LogP contribution in [0.3, 0.4) is 0 Å². The van der Waals surface area contributed by atoms with E-state index in [0.717, 1.165) is 19.3 Å². The van der Waals surface area contributed by atoms with Crippen LogP contribution in [-0.2, 0) is 4.74 Å². The standard InChI is InChI=1S/C11H12O5/c1-6-5-8(12)9(10(13)15-6)11(14)16-7-3-2-4-7/h5,7,12H,2-4H2,1H3. The summed E-state index contributed by atoms with van der Waals surface area (Å²) in [5, 5.41) is 9.49. The number of aromatic hydroxyl groups is 1. The van der Waals surface area contributed by atoms with Crippen molar-refractivity contribution in [3.8, 4) is 5.75 Å². The molecule has 1 saturated carbocycles. The van der Waals surface area contributed by atoms with E-state index in [0.29, 0.717) is 0 Å². The van der Waals surface area contributed by atoms with Gasteiger partial charge in [0, 0.05) is 6.07 Å². The molecule has 0 saturated heterocycles. The average Bonchev–Trinajstić information content (AvgIpc) is 2.09. The molecule has 2 rings (SSSR count). The van der Waals surface area contributed by atoms with E-state index in [9.17, 15) is 14.7 Å². The van der Waals surface area contributed by atoms with Crippen molar-refractivity contribution in [2.45, 2.75) is 32.3 Å². The van der Waals surface area contributed by atoms with Crippen molar-refractivity contribution >= 4 is 5.97 Å². The van der Waals surface area contributed by atoms with Crippen LogP contribution in [0, 0.1) is 6.92 Å². The van der Waals surface area contributed by atoms with Crippen LogP contribution in [0.25, 0.3) is 0 Å². The molecule has 0 spiro atoms. The first-order valence-corrected chi connectivity index (χ1v) is 5.12. The number of esters is 1. The lowest BCUT2D eigenvalue weighted by atomic mass is 9.96. The van der Waals surface area contributed by atoms with E-state index in [4.69, 9.17) is 9.15 Å². The largest absolute Gasteiger partial charge is 0.507 e. The summed E-state index contributed by atoms with van der Waals surface area (Å²) in [7, 11) is 0. The number of ether oxygens (including phenoxy) is 1. The molecule has 0 atom stereocenters. The topological polar surface area (TPSA) is 76.7 Å². The first kappa shape index (κ1) is 10.7. The van der Waals surface area contributed by atoms with Crippen LogP contribution in [0.4, 0.5) is 0 Å². The minimum atomic E-state index is -0.859. The monoisotopic (exact) mass is 224 g/mol. The fourth-order valence-electron chi connectivity index (χ4n) is 1.48. The van der Waals surface area contributed by atoms with Gasteiger partial charge in [-0.15, -0.1) is 0 Å². The highest BCUT2D eigenvalue weighted by molar-refractivity contribution is 5.91. The summed E-state index contributed by atoms with van der Waals surface area (Å²) in [6, 6.07) is 1.22. The molecule has 1 N–H and O–H groups in total. The highest BCUT2D eigenvalue weighted by Crippen LogP contribution is 2.24. The summed E-state index contributed by atoms with van der Waals surface area (Å²) in [5.74, 6) is -0.947. The molecule has 1 aromatic rings. The van der Waals surface area contributed by atoms with Crippen molar-refractivity contribution in [2.24, 2.45) is 0 Å². The highest BCUT2D eigenvalue weighted by atomic mass is 16.5. The third-order valence-electron chi connectivity index (χ3n) is 2.58. The third-order valence-corrected chi connectivity index (χ3v) is 2.58. The maximum Gasteiger partial charge on any atom is 0.354 e. The van der Waals surface area contributed by atoms with Gasteiger partial charge in [-0.3, -0.25) is 0 Å². The molecule has 5 heteroatoms. The lowest BCUT2D eigenvalue weighted by Gasteiger charge is -2.24. The predicted molar refractivity (Wildman–Crippen MR) is 54.4 cm³/mol. The van der Waals surface area contributed by atoms with Crippen LogP contribution in [0.2, 0.25) is 0 Å². The van der Waals surface area contributed by atoms with Gasteiger partial charge in [0.05, 0.1) is 0 Å². The maximum absolute atomic E-state index is 11.6. The van der Waals surface area contributed by atoms with E-state index in [1.165, 1.54) is 13.0 Å². The summed E-state index contributed by atoms with van der Waals surface area (Å²) in [6.07, 6.45) is 2.51. The lowest BCUT2D eigenvalue weighted by molar-refractivity contribution is 0.00823. The van der Waals surface area contributed by atoms with Gasteiger partial charge >= 0.3 is 11.6 Å². The Balaban J connectivity index is 2.25. The lowest BCUT2D eigenvalue weighted by Crippen LogP contribution is -2.27. The minimum absolute atomic E-state index is 0.132. The van der Waals surface area contributed by atoms with Crippen molar-refractivity contribution in [1.82, 2.24) is 0 Å². The van der Waals surface area contributed by atoms with Gasteiger partial charge in [-0.05, 0) is 26.2 Å². The predicted octanol–water partition coefficient (Wildman–Crippen LogP) is 1.36. The Morgan fingerprint density at radius 1 is 1.56 bits per heavy atom. The molecule has 86 valence electrons. The van der Waals surface area contributed by atoms with Crippen LogP contribution in [-0.4, -0.2) is 17.2 Å². The average molecular weight is 224 g/mol. The Hall–Kier alpha value is -1.78. The highest BCUT2D eigenvalue weighted by Gasteiger charge is 2.26. The molecule has 1 aliphatic rings. The first-order valence-electron chi connectivity index (χ1n) is 5.12. The van der Waals surface area contributed by atoms with E-state index in [1.807, 2.05) is 0 Å². The molecule has 5 nitrogen and oxygen atoms in total. The first-order chi connectivity index (χ1) is 7.58. The number of carbonyl (C=O) groups is 1. The number of hydrogen-bond donors (Lipinski definition) is 1. The molecular weight excluding hydrogens is 212 g/mol. The second kappa shape index (κ2) is 4.00. The van der Waals surface area contributed by atoms with Crippen molar-refractivity contribution in [3.63, 3.8) is 0 Å². The van der Waals surface area contributed by atoms with Crippen LogP contribution in [0.15, 0.2) is 15.3 Å². The number of rotatable bonds is 2. The smallest absolute Gasteiger partial charge is 0.354 e. The van der Waals surface area contributed by atoms with Gasteiger partial charge in [-0.1, -0.05) is 0 Å². The minimum Gasteiger partial charge on any atom is -0.507 e. The zero-order chi connectivity index (χ0) is 11.7. The van der Waals surface area contributed by atoms with Gasteiger partial charge in [0.2, 0.25) is 0 Å². The van der Waals surface area contributed by atoms with Gasteiger partial charge < -0.3 is 14.3 Å².